The van der Waals surface area contributed by atoms with Crippen molar-refractivity contribution in [1.29, 1.82) is 0 Å². The number of nitrogens with one attached hydrogen (secondary N) is 2. The van der Waals surface area contributed by atoms with Gasteiger partial charge in [-0.15, -0.1) is 5.10 Å². The lowest BCUT2D eigenvalue weighted by atomic mass is 9.91. The van der Waals surface area contributed by atoms with Crippen molar-refractivity contribution in [2.45, 2.75) is 64.3 Å². The zero-order chi connectivity index (χ0) is 33.1. The first kappa shape index (κ1) is 32.7. The van der Waals surface area contributed by atoms with Crippen LogP contribution in [0.4, 0.5) is 5.82 Å². The maximum Gasteiger partial charge on any atom is 0.212 e. The van der Waals surface area contributed by atoms with Crippen LogP contribution in [-0.2, 0) is 27.8 Å². The first-order valence-electron chi connectivity index (χ1n) is 15.6. The highest BCUT2D eigenvalue weighted by molar-refractivity contribution is 7.89. The molecule has 1 saturated heterocycles. The summed E-state index contributed by atoms with van der Waals surface area (Å²) >= 11 is 0. The van der Waals surface area contributed by atoms with E-state index in [1.165, 1.54) is 10.9 Å². The number of hydrogen-bond acceptors (Lipinski definition) is 11. The smallest absolute Gasteiger partial charge is 0.212 e. The number of anilines is 1. The first-order chi connectivity index (χ1) is 22.6. The second-order valence-electron chi connectivity index (χ2n) is 12.0. The van der Waals surface area contributed by atoms with Gasteiger partial charge in [-0.1, -0.05) is 79.7 Å². The maximum atomic E-state index is 12.7. The summed E-state index contributed by atoms with van der Waals surface area (Å²) < 4.78 is 37.3. The van der Waals surface area contributed by atoms with Gasteiger partial charge >= 0.3 is 0 Å². The molecular weight excluding hydrogens is 622 g/mol. The number of aliphatic hydroxyl groups is 2. The molecule has 2 aromatic carbocycles. The number of aliphatic hydroxyl groups excluding tert-OH is 2. The average molecular weight is 662 g/mol. The Balaban J connectivity index is 1.35. The van der Waals surface area contributed by atoms with Crippen molar-refractivity contribution in [3.05, 3.63) is 95.8 Å². The molecule has 47 heavy (non-hydrogen) atoms. The molecule has 1 aliphatic heterocycles. The predicted octanol–water partition coefficient (Wildman–Crippen LogP) is 2.75. The molecule has 6 rings (SSSR count). The van der Waals surface area contributed by atoms with E-state index < -0.39 is 34.6 Å². The number of nitrogens with zero attached hydrogens (tertiary/aromatic N) is 7. The molecule has 15 heteroatoms. The van der Waals surface area contributed by atoms with Crippen LogP contribution in [-0.4, -0.2) is 77.6 Å². The summed E-state index contributed by atoms with van der Waals surface area (Å²) in [5.41, 5.74) is 3.28. The van der Waals surface area contributed by atoms with Crippen LogP contribution in [0.25, 0.3) is 11.2 Å². The Morgan fingerprint density at radius 2 is 1.66 bits per heavy atom. The minimum Gasteiger partial charge on any atom is -0.387 e. The molecule has 0 spiro atoms. The van der Waals surface area contributed by atoms with E-state index in [9.17, 15) is 18.6 Å². The Labute approximate surface area is 272 Å². The first-order valence-corrected chi connectivity index (χ1v) is 17.2. The number of aromatic nitrogens is 7. The second kappa shape index (κ2) is 13.8. The summed E-state index contributed by atoms with van der Waals surface area (Å²) in [6, 6.07) is 20.2. The van der Waals surface area contributed by atoms with Gasteiger partial charge in [-0.3, -0.25) is 9.25 Å². The Morgan fingerprint density at radius 3 is 2.28 bits per heavy atom. The van der Waals surface area contributed by atoms with Crippen LogP contribution in [0.1, 0.15) is 61.7 Å². The van der Waals surface area contributed by atoms with E-state index in [4.69, 9.17) is 9.72 Å². The van der Waals surface area contributed by atoms with E-state index in [2.05, 4.69) is 54.6 Å². The molecule has 4 heterocycles. The highest BCUT2D eigenvalue weighted by Crippen LogP contribution is 2.39. The number of benzene rings is 2. The van der Waals surface area contributed by atoms with Crippen LogP contribution >= 0.6 is 0 Å². The van der Waals surface area contributed by atoms with E-state index in [-0.39, 0.29) is 30.0 Å². The van der Waals surface area contributed by atoms with Crippen LogP contribution in [0.15, 0.2) is 73.2 Å². The molecule has 0 unspecified atom stereocenters. The molecule has 3 aromatic heterocycles. The highest BCUT2D eigenvalue weighted by Gasteiger charge is 2.46. The number of sulfonamides is 1. The molecule has 0 saturated carbocycles. The molecule has 0 amide bonds. The van der Waals surface area contributed by atoms with Gasteiger partial charge in [-0.05, 0) is 24.0 Å². The van der Waals surface area contributed by atoms with E-state index in [0.717, 1.165) is 11.1 Å². The van der Waals surface area contributed by atoms with Crippen LogP contribution in [0.2, 0.25) is 0 Å². The molecule has 248 valence electrons. The SMILES string of the molecule is CCn1cc([C@H]2O[C@@H](n3cnc4c(NCC(c5ccccc5)c5ccccc5)nc(CNS(=O)(=O)CC(C)C)nc43)[C@@H](O)[C@@H]2O)nn1. The fraction of sp³-hybridized carbons (Fsp3) is 0.406. The third-order valence-corrected chi connectivity index (χ3v) is 9.72. The van der Waals surface area contributed by atoms with Crippen LogP contribution in [0, 0.1) is 5.92 Å². The molecule has 4 atom stereocenters. The number of imidazole rings is 1. The van der Waals surface area contributed by atoms with Crippen molar-refractivity contribution in [1.82, 2.24) is 39.2 Å². The van der Waals surface area contributed by atoms with E-state index in [1.807, 2.05) is 57.2 Å². The largest absolute Gasteiger partial charge is 0.387 e. The third-order valence-electron chi connectivity index (χ3n) is 8.03. The monoisotopic (exact) mass is 661 g/mol. The lowest BCUT2D eigenvalue weighted by molar-refractivity contribution is -0.0370. The van der Waals surface area contributed by atoms with Crippen molar-refractivity contribution in [2.75, 3.05) is 17.6 Å². The van der Waals surface area contributed by atoms with Gasteiger partial charge in [0, 0.05) is 19.0 Å². The van der Waals surface area contributed by atoms with Crippen LogP contribution in [0.3, 0.4) is 0 Å². The fourth-order valence-corrected chi connectivity index (χ4v) is 7.10. The molecule has 14 nitrogen and oxygen atoms in total. The van der Waals surface area contributed by atoms with Crippen molar-refractivity contribution < 1.29 is 23.4 Å². The zero-order valence-corrected chi connectivity index (χ0v) is 27.2. The minimum atomic E-state index is -3.60. The number of ether oxygens (including phenoxy) is 1. The van der Waals surface area contributed by atoms with Crippen LogP contribution < -0.4 is 10.0 Å². The van der Waals surface area contributed by atoms with Gasteiger partial charge < -0.3 is 20.3 Å². The zero-order valence-electron chi connectivity index (χ0n) is 26.4. The Kier molecular flexibility index (Phi) is 9.61. The Hall–Kier alpha value is -4.28. The van der Waals surface area contributed by atoms with Crippen molar-refractivity contribution in [3.8, 4) is 0 Å². The van der Waals surface area contributed by atoms with Gasteiger partial charge in [0.2, 0.25) is 10.0 Å². The lowest BCUT2D eigenvalue weighted by Gasteiger charge is -2.20. The summed E-state index contributed by atoms with van der Waals surface area (Å²) in [7, 11) is -3.60. The lowest BCUT2D eigenvalue weighted by Crippen LogP contribution is -2.30. The van der Waals surface area contributed by atoms with Crippen molar-refractivity contribution >= 4 is 27.0 Å². The topological polar surface area (TPSA) is 182 Å². The summed E-state index contributed by atoms with van der Waals surface area (Å²) in [4.78, 5) is 13.9. The Bertz CT molecular complexity index is 1860. The van der Waals surface area contributed by atoms with Crippen molar-refractivity contribution in [3.63, 3.8) is 0 Å². The molecule has 5 aromatic rings. The predicted molar refractivity (Wildman–Crippen MR) is 175 cm³/mol. The summed E-state index contributed by atoms with van der Waals surface area (Å²) in [5, 5.41) is 33.6. The fourth-order valence-electron chi connectivity index (χ4n) is 5.75. The standard InChI is InChI=1S/C32H39N9O5S/c1-4-40-17-24(38-39-40)29-27(42)28(43)32(46-29)41-19-34-26-30(36-25(37-31(26)41)16-35-47(44,45)18-20(2)3)33-15-23(21-11-7-5-8-12-21)22-13-9-6-10-14-22/h5-14,17,19-20,23,27-29,32,35,42-43H,4,15-16,18H2,1-3H3,(H,33,36,37)/t27-,28-,29+,32+/m0/s1. The number of hydrogen-bond donors (Lipinski definition) is 4. The van der Waals surface area contributed by atoms with Gasteiger partial charge in [-0.25, -0.2) is 28.1 Å². The molecular formula is C32H39N9O5S. The average Bonchev–Trinajstić information content (AvgIpc) is 3.78. The van der Waals surface area contributed by atoms with Gasteiger partial charge in [0.15, 0.2) is 23.2 Å². The third kappa shape index (κ3) is 7.18. The molecule has 4 N–H and O–H groups in total. The number of rotatable bonds is 13. The molecule has 1 fully saturated rings. The van der Waals surface area contributed by atoms with Gasteiger partial charge in [0.1, 0.15) is 29.8 Å². The minimum absolute atomic E-state index is 0.0371. The van der Waals surface area contributed by atoms with Gasteiger partial charge in [0.25, 0.3) is 0 Å². The highest BCUT2D eigenvalue weighted by atomic mass is 32.2. The van der Waals surface area contributed by atoms with Crippen LogP contribution in [0.5, 0.6) is 0 Å². The van der Waals surface area contributed by atoms with E-state index in [1.54, 1.807) is 10.9 Å². The quantitative estimate of drug-likeness (QED) is 0.146. The van der Waals surface area contributed by atoms with Gasteiger partial charge in [-0.2, -0.15) is 0 Å². The summed E-state index contributed by atoms with van der Waals surface area (Å²) in [6.07, 6.45) is -1.51. The van der Waals surface area contributed by atoms with E-state index >= 15 is 0 Å². The summed E-state index contributed by atoms with van der Waals surface area (Å²) in [6.45, 7) is 6.44. The van der Waals surface area contributed by atoms with Crippen molar-refractivity contribution in [2.24, 2.45) is 5.92 Å². The second-order valence-corrected chi connectivity index (χ2v) is 13.8. The summed E-state index contributed by atoms with van der Waals surface area (Å²) in [5.74, 6) is 0.435. The molecule has 1 aliphatic rings. The van der Waals surface area contributed by atoms with Gasteiger partial charge in [0.05, 0.1) is 24.8 Å². The number of fused-ring (bicyclic) bond motifs is 1. The molecule has 0 bridgehead atoms. The normalized spacial score (nSPS) is 20.1. The Morgan fingerprint density at radius 1 is 0.979 bits per heavy atom. The van der Waals surface area contributed by atoms with E-state index in [0.29, 0.717) is 35.8 Å². The maximum absolute atomic E-state index is 12.7. The molecule has 0 radical (unpaired) electrons. The molecule has 0 aliphatic carbocycles. The number of aryl methyl sites for hydroxylation is 1.